The zero-order chi connectivity index (χ0) is 24.6. The molecule has 0 bridgehead atoms. The van der Waals surface area contributed by atoms with Gasteiger partial charge < -0.3 is 29.3 Å². The molecule has 0 aliphatic carbocycles. The molecule has 2 saturated heterocycles. The fraction of sp³-hybridized carbons (Fsp3) is 0.560. The van der Waals surface area contributed by atoms with Gasteiger partial charge in [0.05, 0.1) is 24.5 Å². The summed E-state index contributed by atoms with van der Waals surface area (Å²) in [6, 6.07) is 3.50. The number of amides is 1. The highest BCUT2D eigenvalue weighted by Crippen LogP contribution is 2.41. The number of hydrogen-bond acceptors (Lipinski definition) is 8. The third kappa shape index (κ3) is 5.12. The lowest BCUT2D eigenvalue weighted by molar-refractivity contribution is 0.0204. The molecule has 3 aliphatic heterocycles. The molecule has 0 radical (unpaired) electrons. The average molecular weight is 486 g/mol. The zero-order valence-corrected chi connectivity index (χ0v) is 20.5. The smallest absolute Gasteiger partial charge is 0.410 e. The minimum Gasteiger partial charge on any atom is -0.483 e. The van der Waals surface area contributed by atoms with Crippen LogP contribution in [0.3, 0.4) is 0 Å². The van der Waals surface area contributed by atoms with Crippen LogP contribution in [0.2, 0.25) is 0 Å². The zero-order valence-electron chi connectivity index (χ0n) is 20.5. The number of aromatic nitrogens is 2. The molecular formula is C25H32FN5O4. The average Bonchev–Trinajstić information content (AvgIpc) is 3.03. The topological polar surface area (TPSA) is 89.0 Å². The SMILES string of the molecule is CC(C)(C)OC(=O)N1CCC(c2cc(F)c3c(c2)Nc2ncnc(N4CCOCC4)c2CO3)CC1. The van der Waals surface area contributed by atoms with E-state index in [0.29, 0.717) is 37.8 Å². The van der Waals surface area contributed by atoms with Crippen LogP contribution in [0.15, 0.2) is 18.5 Å². The number of anilines is 3. The van der Waals surface area contributed by atoms with Crippen molar-refractivity contribution in [1.82, 2.24) is 14.9 Å². The van der Waals surface area contributed by atoms with E-state index in [1.165, 1.54) is 6.33 Å². The van der Waals surface area contributed by atoms with E-state index in [4.69, 9.17) is 14.2 Å². The predicted octanol–water partition coefficient (Wildman–Crippen LogP) is 4.20. The van der Waals surface area contributed by atoms with Gasteiger partial charge in [-0.1, -0.05) is 0 Å². The van der Waals surface area contributed by atoms with E-state index in [-0.39, 0.29) is 24.4 Å². The number of hydrogen-bond donors (Lipinski definition) is 1. The molecule has 188 valence electrons. The fourth-order valence-corrected chi connectivity index (χ4v) is 4.77. The number of carbonyl (C=O) groups excluding carboxylic acids is 1. The monoisotopic (exact) mass is 485 g/mol. The first-order chi connectivity index (χ1) is 16.8. The largest absolute Gasteiger partial charge is 0.483 e. The molecule has 0 spiro atoms. The summed E-state index contributed by atoms with van der Waals surface area (Å²) in [5.74, 6) is 1.32. The third-order valence-electron chi connectivity index (χ3n) is 6.53. The summed E-state index contributed by atoms with van der Waals surface area (Å²) >= 11 is 0. The van der Waals surface area contributed by atoms with Crippen LogP contribution in [0.5, 0.6) is 5.75 Å². The van der Waals surface area contributed by atoms with Gasteiger partial charge in [0.25, 0.3) is 0 Å². The number of halogens is 1. The second kappa shape index (κ2) is 9.49. The van der Waals surface area contributed by atoms with Gasteiger partial charge in [-0.15, -0.1) is 0 Å². The molecule has 0 unspecified atom stereocenters. The van der Waals surface area contributed by atoms with Crippen molar-refractivity contribution in [2.24, 2.45) is 0 Å². The van der Waals surface area contributed by atoms with Crippen molar-refractivity contribution in [2.45, 2.75) is 51.7 Å². The Labute approximate surface area is 204 Å². The Morgan fingerprint density at radius 1 is 1.14 bits per heavy atom. The minimum atomic E-state index is -0.527. The van der Waals surface area contributed by atoms with Crippen molar-refractivity contribution in [2.75, 3.05) is 49.6 Å². The maximum Gasteiger partial charge on any atom is 0.410 e. The van der Waals surface area contributed by atoms with E-state index in [2.05, 4.69) is 20.2 Å². The molecule has 1 amide bonds. The second-order valence-electron chi connectivity index (χ2n) is 10.2. The molecule has 1 aromatic carbocycles. The molecule has 0 saturated carbocycles. The van der Waals surface area contributed by atoms with Crippen molar-refractivity contribution in [1.29, 1.82) is 0 Å². The van der Waals surface area contributed by atoms with Gasteiger partial charge in [-0.3, -0.25) is 0 Å². The van der Waals surface area contributed by atoms with Crippen LogP contribution < -0.4 is 15.0 Å². The number of rotatable bonds is 2. The van der Waals surface area contributed by atoms with Gasteiger partial charge in [-0.05, 0) is 57.2 Å². The third-order valence-corrected chi connectivity index (χ3v) is 6.53. The number of nitrogens with zero attached hydrogens (tertiary/aromatic N) is 4. The van der Waals surface area contributed by atoms with Crippen LogP contribution in [-0.4, -0.2) is 66.0 Å². The van der Waals surface area contributed by atoms with Gasteiger partial charge in [0.2, 0.25) is 0 Å². The van der Waals surface area contributed by atoms with Gasteiger partial charge in [0.1, 0.15) is 30.2 Å². The first-order valence-electron chi connectivity index (χ1n) is 12.2. The number of nitrogens with one attached hydrogen (secondary N) is 1. The highest BCUT2D eigenvalue weighted by molar-refractivity contribution is 5.72. The standard InChI is InChI=1S/C25H32FN5O4/c1-25(2,3)35-24(32)31-6-4-16(5-7-31)17-12-19(26)21-20(13-17)29-22-18(14-34-21)23(28-15-27-22)30-8-10-33-11-9-30/h12-13,15-16H,4-11,14H2,1-3H3,(H,27,28,29). The first kappa shape index (κ1) is 23.6. The number of likely N-dealkylation sites (tertiary alicyclic amines) is 1. The Balaban J connectivity index is 1.34. The van der Waals surface area contributed by atoms with Crippen LogP contribution in [-0.2, 0) is 16.1 Å². The van der Waals surface area contributed by atoms with Crippen molar-refractivity contribution in [3.63, 3.8) is 0 Å². The van der Waals surface area contributed by atoms with Crippen molar-refractivity contribution < 1.29 is 23.4 Å². The fourth-order valence-electron chi connectivity index (χ4n) is 4.77. The van der Waals surface area contributed by atoms with Gasteiger partial charge in [-0.2, -0.15) is 0 Å². The van der Waals surface area contributed by atoms with Crippen LogP contribution >= 0.6 is 0 Å². The molecule has 0 atom stereocenters. The Hall–Kier alpha value is -3.14. The number of ether oxygens (including phenoxy) is 3. The summed E-state index contributed by atoms with van der Waals surface area (Å²) in [6.45, 7) is 9.63. The van der Waals surface area contributed by atoms with Crippen LogP contribution in [0.1, 0.15) is 50.7 Å². The maximum absolute atomic E-state index is 15.2. The van der Waals surface area contributed by atoms with Crippen LogP contribution in [0.4, 0.5) is 26.5 Å². The second-order valence-corrected chi connectivity index (χ2v) is 10.2. The molecule has 5 rings (SSSR count). The number of carbonyl (C=O) groups is 1. The molecule has 3 aliphatic rings. The molecule has 10 heteroatoms. The lowest BCUT2D eigenvalue weighted by atomic mass is 9.89. The van der Waals surface area contributed by atoms with Gasteiger partial charge in [-0.25, -0.2) is 19.2 Å². The predicted molar refractivity (Wildman–Crippen MR) is 129 cm³/mol. The molecule has 4 heterocycles. The van der Waals surface area contributed by atoms with E-state index < -0.39 is 11.4 Å². The Morgan fingerprint density at radius 2 is 1.89 bits per heavy atom. The summed E-state index contributed by atoms with van der Waals surface area (Å²) in [5, 5.41) is 3.30. The van der Waals surface area contributed by atoms with E-state index in [1.54, 1.807) is 11.0 Å². The van der Waals surface area contributed by atoms with Crippen molar-refractivity contribution in [3.05, 3.63) is 35.4 Å². The first-order valence-corrected chi connectivity index (χ1v) is 12.2. The molecule has 1 N–H and O–H groups in total. The summed E-state index contributed by atoms with van der Waals surface area (Å²) in [7, 11) is 0. The molecular weight excluding hydrogens is 453 g/mol. The summed E-state index contributed by atoms with van der Waals surface area (Å²) in [5.41, 5.74) is 1.71. The molecule has 2 aromatic rings. The lowest BCUT2D eigenvalue weighted by Crippen LogP contribution is -2.41. The van der Waals surface area contributed by atoms with E-state index in [9.17, 15) is 4.79 Å². The molecule has 35 heavy (non-hydrogen) atoms. The van der Waals surface area contributed by atoms with Crippen LogP contribution in [0, 0.1) is 5.82 Å². The maximum atomic E-state index is 15.2. The van der Waals surface area contributed by atoms with E-state index >= 15 is 4.39 Å². The van der Waals surface area contributed by atoms with E-state index in [1.807, 2.05) is 26.8 Å². The Bertz CT molecular complexity index is 1090. The summed E-state index contributed by atoms with van der Waals surface area (Å²) in [6.07, 6.45) is 2.69. The van der Waals surface area contributed by atoms with Gasteiger partial charge in [0.15, 0.2) is 11.6 Å². The number of piperidine rings is 1. The van der Waals surface area contributed by atoms with Crippen molar-refractivity contribution >= 4 is 23.4 Å². The molecule has 1 aromatic heterocycles. The van der Waals surface area contributed by atoms with Crippen molar-refractivity contribution in [3.8, 4) is 5.75 Å². The summed E-state index contributed by atoms with van der Waals surface area (Å²) in [4.78, 5) is 25.2. The van der Waals surface area contributed by atoms with Gasteiger partial charge in [0, 0.05) is 26.2 Å². The van der Waals surface area contributed by atoms with Crippen LogP contribution in [0.25, 0.3) is 0 Å². The highest BCUT2D eigenvalue weighted by atomic mass is 19.1. The number of morpholine rings is 1. The Kier molecular flexibility index (Phi) is 6.39. The number of fused-ring (bicyclic) bond motifs is 2. The van der Waals surface area contributed by atoms with E-state index in [0.717, 1.165) is 42.9 Å². The number of benzene rings is 1. The molecule has 2 fully saturated rings. The summed E-state index contributed by atoms with van der Waals surface area (Å²) < 4.78 is 32.1. The molecule has 9 nitrogen and oxygen atoms in total. The Morgan fingerprint density at radius 3 is 2.60 bits per heavy atom. The minimum absolute atomic E-state index is 0.132. The van der Waals surface area contributed by atoms with Gasteiger partial charge >= 0.3 is 6.09 Å². The highest BCUT2D eigenvalue weighted by Gasteiger charge is 2.30. The lowest BCUT2D eigenvalue weighted by Gasteiger charge is -2.33. The normalized spacial score (nSPS) is 18.6. The quantitative estimate of drug-likeness (QED) is 0.677.